The van der Waals surface area contributed by atoms with Gasteiger partial charge in [-0.05, 0) is 24.6 Å². The van der Waals surface area contributed by atoms with Crippen molar-refractivity contribution >= 4 is 27.6 Å². The SMILES string of the molecule is CC(=O)Nc1ccc(CNS(=O)(=O)C(C)C(=O)O)cc1. The zero-order valence-electron chi connectivity index (χ0n) is 11.1. The van der Waals surface area contributed by atoms with Gasteiger partial charge in [-0.15, -0.1) is 0 Å². The Bertz CT molecular complexity index is 595. The Balaban J connectivity index is 2.66. The minimum Gasteiger partial charge on any atom is -0.480 e. The molecule has 1 aromatic rings. The summed E-state index contributed by atoms with van der Waals surface area (Å²) in [5.41, 5.74) is 1.25. The maximum Gasteiger partial charge on any atom is 0.323 e. The van der Waals surface area contributed by atoms with E-state index in [2.05, 4.69) is 10.0 Å². The van der Waals surface area contributed by atoms with Gasteiger partial charge in [-0.3, -0.25) is 9.59 Å². The van der Waals surface area contributed by atoms with Crippen LogP contribution in [0.1, 0.15) is 19.4 Å². The number of amides is 1. The van der Waals surface area contributed by atoms with Crippen molar-refractivity contribution in [3.8, 4) is 0 Å². The quantitative estimate of drug-likeness (QED) is 0.709. The van der Waals surface area contributed by atoms with Crippen LogP contribution in [0.2, 0.25) is 0 Å². The standard InChI is InChI=1S/C12H16N2O5S/c1-8(12(16)17)20(18,19)13-7-10-3-5-11(6-4-10)14-9(2)15/h3-6,8,13H,7H2,1-2H3,(H,14,15)(H,16,17). The molecule has 0 aliphatic carbocycles. The molecule has 1 aromatic carbocycles. The Morgan fingerprint density at radius 3 is 2.25 bits per heavy atom. The Labute approximate surface area is 117 Å². The molecule has 0 heterocycles. The molecule has 0 aliphatic heterocycles. The van der Waals surface area contributed by atoms with Crippen LogP contribution >= 0.6 is 0 Å². The fraction of sp³-hybridized carbons (Fsp3) is 0.333. The highest BCUT2D eigenvalue weighted by Crippen LogP contribution is 2.10. The second-order valence-corrected chi connectivity index (χ2v) is 6.31. The Morgan fingerprint density at radius 2 is 1.80 bits per heavy atom. The molecule has 0 spiro atoms. The first-order valence-electron chi connectivity index (χ1n) is 5.80. The molecule has 0 saturated heterocycles. The van der Waals surface area contributed by atoms with E-state index in [1.807, 2.05) is 0 Å². The van der Waals surface area contributed by atoms with Gasteiger partial charge < -0.3 is 10.4 Å². The van der Waals surface area contributed by atoms with Crippen LogP contribution in [0.25, 0.3) is 0 Å². The normalized spacial score (nSPS) is 12.7. The van der Waals surface area contributed by atoms with Crippen molar-refractivity contribution in [1.82, 2.24) is 4.72 Å². The summed E-state index contributed by atoms with van der Waals surface area (Å²) in [5.74, 6) is -1.60. The van der Waals surface area contributed by atoms with Gasteiger partial charge in [0, 0.05) is 19.2 Å². The lowest BCUT2D eigenvalue weighted by atomic mass is 10.2. The summed E-state index contributed by atoms with van der Waals surface area (Å²) in [5, 5.41) is 9.75. The highest BCUT2D eigenvalue weighted by molar-refractivity contribution is 7.90. The highest BCUT2D eigenvalue weighted by Gasteiger charge is 2.26. The predicted molar refractivity (Wildman–Crippen MR) is 73.6 cm³/mol. The molecule has 1 rings (SSSR count). The molecule has 1 atom stereocenters. The number of anilines is 1. The van der Waals surface area contributed by atoms with E-state index in [9.17, 15) is 18.0 Å². The summed E-state index contributed by atoms with van der Waals surface area (Å²) < 4.78 is 25.4. The molecule has 0 fully saturated rings. The third-order valence-electron chi connectivity index (χ3n) is 2.57. The van der Waals surface area contributed by atoms with Crippen LogP contribution in [0.15, 0.2) is 24.3 Å². The third-order valence-corrected chi connectivity index (χ3v) is 4.24. The number of aliphatic carboxylic acids is 1. The number of benzene rings is 1. The second kappa shape index (κ2) is 6.49. The first-order valence-corrected chi connectivity index (χ1v) is 7.35. The number of hydrogen-bond acceptors (Lipinski definition) is 4. The Morgan fingerprint density at radius 1 is 1.25 bits per heavy atom. The molecule has 1 amide bonds. The summed E-state index contributed by atoms with van der Waals surface area (Å²) in [7, 11) is -3.91. The molecule has 0 radical (unpaired) electrons. The average Bonchev–Trinajstić information content (AvgIpc) is 2.36. The zero-order chi connectivity index (χ0) is 15.3. The van der Waals surface area contributed by atoms with Crippen molar-refractivity contribution in [3.63, 3.8) is 0 Å². The molecule has 0 aromatic heterocycles. The molecular weight excluding hydrogens is 284 g/mol. The molecule has 0 bridgehead atoms. The van der Waals surface area contributed by atoms with E-state index in [0.29, 0.717) is 11.3 Å². The lowest BCUT2D eigenvalue weighted by molar-refractivity contribution is -0.136. The van der Waals surface area contributed by atoms with Crippen molar-refractivity contribution in [2.24, 2.45) is 0 Å². The molecular formula is C12H16N2O5S. The first-order chi connectivity index (χ1) is 9.22. The van der Waals surface area contributed by atoms with E-state index < -0.39 is 21.2 Å². The minimum atomic E-state index is -3.91. The van der Waals surface area contributed by atoms with Crippen molar-refractivity contribution < 1.29 is 23.1 Å². The number of carbonyl (C=O) groups excluding carboxylic acids is 1. The molecule has 110 valence electrons. The monoisotopic (exact) mass is 300 g/mol. The van der Waals surface area contributed by atoms with Crippen molar-refractivity contribution in [1.29, 1.82) is 0 Å². The van der Waals surface area contributed by atoms with E-state index in [-0.39, 0.29) is 12.5 Å². The lowest BCUT2D eigenvalue weighted by Gasteiger charge is -2.10. The number of sulfonamides is 1. The van der Waals surface area contributed by atoms with E-state index >= 15 is 0 Å². The fourth-order valence-corrected chi connectivity index (χ4v) is 2.23. The Kier molecular flexibility index (Phi) is 5.23. The summed E-state index contributed by atoms with van der Waals surface area (Å²) in [4.78, 5) is 21.5. The summed E-state index contributed by atoms with van der Waals surface area (Å²) >= 11 is 0. The van der Waals surface area contributed by atoms with Crippen LogP contribution < -0.4 is 10.0 Å². The maximum atomic E-state index is 11.6. The Hall–Kier alpha value is -1.93. The van der Waals surface area contributed by atoms with E-state index in [4.69, 9.17) is 5.11 Å². The molecule has 3 N–H and O–H groups in total. The van der Waals surface area contributed by atoms with E-state index in [0.717, 1.165) is 6.92 Å². The molecule has 0 saturated carbocycles. The predicted octanol–water partition coefficient (Wildman–Crippen LogP) is 0.537. The van der Waals surface area contributed by atoms with Gasteiger partial charge in [0.2, 0.25) is 15.9 Å². The number of nitrogens with one attached hydrogen (secondary N) is 2. The van der Waals surface area contributed by atoms with Crippen molar-refractivity contribution in [3.05, 3.63) is 29.8 Å². The molecule has 7 nitrogen and oxygen atoms in total. The molecule has 20 heavy (non-hydrogen) atoms. The number of carboxylic acid groups (broad SMARTS) is 1. The average molecular weight is 300 g/mol. The number of rotatable bonds is 6. The molecule has 8 heteroatoms. The van der Waals surface area contributed by atoms with Gasteiger partial charge in [0.05, 0.1) is 0 Å². The van der Waals surface area contributed by atoms with Crippen LogP contribution in [-0.4, -0.2) is 30.7 Å². The van der Waals surface area contributed by atoms with E-state index in [1.165, 1.54) is 6.92 Å². The van der Waals surface area contributed by atoms with Gasteiger partial charge in [-0.1, -0.05) is 12.1 Å². The van der Waals surface area contributed by atoms with Crippen LogP contribution in [0.4, 0.5) is 5.69 Å². The number of carbonyl (C=O) groups is 2. The first kappa shape index (κ1) is 16.1. The van der Waals surface area contributed by atoms with Crippen LogP contribution in [-0.2, 0) is 26.2 Å². The highest BCUT2D eigenvalue weighted by atomic mass is 32.2. The van der Waals surface area contributed by atoms with Crippen LogP contribution in [0.5, 0.6) is 0 Å². The molecule has 1 unspecified atom stereocenters. The zero-order valence-corrected chi connectivity index (χ0v) is 11.9. The topological polar surface area (TPSA) is 113 Å². The third kappa shape index (κ3) is 4.63. The number of carboxylic acids is 1. The van der Waals surface area contributed by atoms with Gasteiger partial charge in [-0.2, -0.15) is 0 Å². The lowest BCUT2D eigenvalue weighted by Crippen LogP contribution is -2.37. The maximum absolute atomic E-state index is 11.6. The molecule has 0 aliphatic rings. The second-order valence-electron chi connectivity index (χ2n) is 4.22. The number of hydrogen-bond donors (Lipinski definition) is 3. The van der Waals surface area contributed by atoms with Gasteiger partial charge in [0.25, 0.3) is 0 Å². The summed E-state index contributed by atoms with van der Waals surface area (Å²) in [6.07, 6.45) is 0. The van der Waals surface area contributed by atoms with Crippen molar-refractivity contribution in [2.45, 2.75) is 25.6 Å². The van der Waals surface area contributed by atoms with Gasteiger partial charge in [-0.25, -0.2) is 13.1 Å². The summed E-state index contributed by atoms with van der Waals surface area (Å²) in [6.45, 7) is 2.47. The van der Waals surface area contributed by atoms with Gasteiger partial charge >= 0.3 is 5.97 Å². The van der Waals surface area contributed by atoms with Gasteiger partial charge in [0.15, 0.2) is 5.25 Å². The van der Waals surface area contributed by atoms with Crippen LogP contribution in [0.3, 0.4) is 0 Å². The minimum absolute atomic E-state index is 0.0136. The van der Waals surface area contributed by atoms with Crippen LogP contribution in [0, 0.1) is 0 Å². The van der Waals surface area contributed by atoms with Gasteiger partial charge in [0.1, 0.15) is 0 Å². The smallest absolute Gasteiger partial charge is 0.323 e. The van der Waals surface area contributed by atoms with Crippen molar-refractivity contribution in [2.75, 3.05) is 5.32 Å². The van der Waals surface area contributed by atoms with E-state index in [1.54, 1.807) is 24.3 Å². The fourth-order valence-electron chi connectivity index (χ4n) is 1.35. The summed E-state index contributed by atoms with van der Waals surface area (Å²) in [6, 6.07) is 6.54. The largest absolute Gasteiger partial charge is 0.480 e.